The second kappa shape index (κ2) is 6.30. The SMILES string of the molecule is CC(C)COc1nc(NCC(C)O)ccc1N. The minimum absolute atomic E-state index is 0.422. The summed E-state index contributed by atoms with van der Waals surface area (Å²) >= 11 is 0. The molecule has 4 N–H and O–H groups in total. The molecule has 96 valence electrons. The Morgan fingerprint density at radius 3 is 2.71 bits per heavy atom. The van der Waals surface area contributed by atoms with Crippen LogP contribution in [0.4, 0.5) is 11.5 Å². The first kappa shape index (κ1) is 13.6. The van der Waals surface area contributed by atoms with Crippen LogP contribution < -0.4 is 15.8 Å². The molecule has 0 aliphatic carbocycles. The van der Waals surface area contributed by atoms with Crippen LogP contribution in [0.5, 0.6) is 5.88 Å². The maximum absolute atomic E-state index is 9.17. The summed E-state index contributed by atoms with van der Waals surface area (Å²) in [5.74, 6) is 1.51. The topological polar surface area (TPSA) is 80.4 Å². The second-order valence-electron chi connectivity index (χ2n) is 4.53. The highest BCUT2D eigenvalue weighted by molar-refractivity contribution is 5.53. The zero-order valence-electron chi connectivity index (χ0n) is 10.6. The van der Waals surface area contributed by atoms with Crippen molar-refractivity contribution in [2.75, 3.05) is 24.2 Å². The van der Waals surface area contributed by atoms with Crippen molar-refractivity contribution in [2.45, 2.75) is 26.9 Å². The molecule has 1 heterocycles. The molecule has 1 aromatic heterocycles. The molecule has 1 unspecified atom stereocenters. The molecule has 1 atom stereocenters. The number of aliphatic hydroxyl groups excluding tert-OH is 1. The fourth-order valence-electron chi connectivity index (χ4n) is 1.16. The van der Waals surface area contributed by atoms with E-state index in [0.29, 0.717) is 36.5 Å². The van der Waals surface area contributed by atoms with E-state index in [2.05, 4.69) is 24.1 Å². The van der Waals surface area contributed by atoms with Crippen molar-refractivity contribution in [3.8, 4) is 5.88 Å². The highest BCUT2D eigenvalue weighted by Crippen LogP contribution is 2.21. The van der Waals surface area contributed by atoms with Crippen molar-refractivity contribution < 1.29 is 9.84 Å². The van der Waals surface area contributed by atoms with Gasteiger partial charge in [0.2, 0.25) is 5.88 Å². The maximum Gasteiger partial charge on any atom is 0.239 e. The van der Waals surface area contributed by atoms with E-state index in [4.69, 9.17) is 15.6 Å². The Kier molecular flexibility index (Phi) is 5.03. The number of nitrogens with zero attached hydrogens (tertiary/aromatic N) is 1. The molecule has 0 saturated carbocycles. The average Bonchev–Trinajstić information content (AvgIpc) is 2.26. The van der Waals surface area contributed by atoms with Gasteiger partial charge in [-0.2, -0.15) is 4.98 Å². The quantitative estimate of drug-likeness (QED) is 0.701. The first-order chi connectivity index (χ1) is 7.99. The van der Waals surface area contributed by atoms with Gasteiger partial charge in [0.05, 0.1) is 18.4 Å². The molecule has 0 spiro atoms. The van der Waals surface area contributed by atoms with Crippen LogP contribution in [-0.2, 0) is 0 Å². The van der Waals surface area contributed by atoms with Gasteiger partial charge in [0.25, 0.3) is 0 Å². The molecule has 0 fully saturated rings. The van der Waals surface area contributed by atoms with Crippen molar-refractivity contribution in [3.63, 3.8) is 0 Å². The first-order valence-corrected chi connectivity index (χ1v) is 5.80. The van der Waals surface area contributed by atoms with Crippen molar-refractivity contribution >= 4 is 11.5 Å². The summed E-state index contributed by atoms with van der Waals surface area (Å²) in [4.78, 5) is 4.25. The standard InChI is InChI=1S/C12H21N3O2/c1-8(2)7-17-12-10(13)4-5-11(15-12)14-6-9(3)16/h4-5,8-9,16H,6-7,13H2,1-3H3,(H,14,15). The Balaban J connectivity index is 2.65. The van der Waals surface area contributed by atoms with Gasteiger partial charge in [0.15, 0.2) is 0 Å². The van der Waals surface area contributed by atoms with E-state index in [0.717, 1.165) is 0 Å². The Hall–Kier alpha value is -1.49. The number of hydrogen-bond donors (Lipinski definition) is 3. The Morgan fingerprint density at radius 2 is 2.12 bits per heavy atom. The van der Waals surface area contributed by atoms with Gasteiger partial charge < -0.3 is 20.9 Å². The normalized spacial score (nSPS) is 12.5. The molecule has 17 heavy (non-hydrogen) atoms. The predicted octanol–water partition coefficient (Wildman–Crippen LogP) is 1.49. The molecule has 5 nitrogen and oxygen atoms in total. The summed E-state index contributed by atoms with van der Waals surface area (Å²) in [5.41, 5.74) is 6.29. The summed E-state index contributed by atoms with van der Waals surface area (Å²) < 4.78 is 5.51. The molecule has 0 radical (unpaired) electrons. The van der Waals surface area contributed by atoms with Gasteiger partial charge in [0, 0.05) is 6.54 Å². The molecule has 0 aliphatic rings. The lowest BCUT2D eigenvalue weighted by atomic mass is 10.2. The summed E-state index contributed by atoms with van der Waals surface area (Å²) in [7, 11) is 0. The van der Waals surface area contributed by atoms with Gasteiger partial charge in [0.1, 0.15) is 5.82 Å². The van der Waals surface area contributed by atoms with E-state index in [9.17, 15) is 0 Å². The molecular formula is C12H21N3O2. The van der Waals surface area contributed by atoms with E-state index < -0.39 is 6.10 Å². The Labute approximate surface area is 102 Å². The number of pyridine rings is 1. The van der Waals surface area contributed by atoms with Crippen molar-refractivity contribution in [1.29, 1.82) is 0 Å². The highest BCUT2D eigenvalue weighted by Gasteiger charge is 2.06. The van der Waals surface area contributed by atoms with Crippen LogP contribution in [-0.4, -0.2) is 29.3 Å². The minimum Gasteiger partial charge on any atom is -0.476 e. The summed E-state index contributed by atoms with van der Waals surface area (Å²) in [6.45, 7) is 6.86. The highest BCUT2D eigenvalue weighted by atomic mass is 16.5. The molecule has 0 aliphatic heterocycles. The molecule has 0 bridgehead atoms. The minimum atomic E-state index is -0.422. The number of nitrogens with one attached hydrogen (secondary N) is 1. The Bertz CT molecular complexity index is 354. The monoisotopic (exact) mass is 239 g/mol. The van der Waals surface area contributed by atoms with Gasteiger partial charge >= 0.3 is 0 Å². The molecule has 0 saturated heterocycles. The van der Waals surface area contributed by atoms with Crippen LogP contribution in [0.25, 0.3) is 0 Å². The number of rotatable bonds is 6. The lowest BCUT2D eigenvalue weighted by molar-refractivity contribution is 0.208. The third-order valence-corrected chi connectivity index (χ3v) is 2.02. The van der Waals surface area contributed by atoms with Crippen LogP contribution in [0.15, 0.2) is 12.1 Å². The zero-order valence-corrected chi connectivity index (χ0v) is 10.6. The number of anilines is 2. The van der Waals surface area contributed by atoms with E-state index in [1.54, 1.807) is 19.1 Å². The largest absolute Gasteiger partial charge is 0.476 e. The summed E-state index contributed by atoms with van der Waals surface area (Å²) in [6.07, 6.45) is -0.422. The first-order valence-electron chi connectivity index (χ1n) is 5.80. The lowest BCUT2D eigenvalue weighted by Gasteiger charge is -2.12. The number of ether oxygens (including phenoxy) is 1. The number of nitrogens with two attached hydrogens (primary N) is 1. The van der Waals surface area contributed by atoms with E-state index in [1.807, 2.05) is 0 Å². The van der Waals surface area contributed by atoms with Crippen LogP contribution in [0.2, 0.25) is 0 Å². The van der Waals surface area contributed by atoms with E-state index in [1.165, 1.54) is 0 Å². The number of aromatic nitrogens is 1. The number of nitrogen functional groups attached to an aromatic ring is 1. The summed E-state index contributed by atoms with van der Waals surface area (Å²) in [5, 5.41) is 12.2. The molecule has 0 amide bonds. The smallest absolute Gasteiger partial charge is 0.239 e. The third kappa shape index (κ3) is 4.91. The third-order valence-electron chi connectivity index (χ3n) is 2.02. The van der Waals surface area contributed by atoms with Gasteiger partial charge in [-0.3, -0.25) is 0 Å². The molecule has 0 aromatic carbocycles. The number of hydrogen-bond acceptors (Lipinski definition) is 5. The van der Waals surface area contributed by atoms with Gasteiger partial charge in [-0.05, 0) is 25.0 Å². The fourth-order valence-corrected chi connectivity index (χ4v) is 1.16. The Morgan fingerprint density at radius 1 is 1.41 bits per heavy atom. The molecule has 1 aromatic rings. The number of aliphatic hydroxyl groups is 1. The van der Waals surface area contributed by atoms with Gasteiger partial charge in [-0.1, -0.05) is 13.8 Å². The molecular weight excluding hydrogens is 218 g/mol. The van der Waals surface area contributed by atoms with E-state index >= 15 is 0 Å². The predicted molar refractivity (Wildman–Crippen MR) is 69.2 cm³/mol. The second-order valence-corrected chi connectivity index (χ2v) is 4.53. The van der Waals surface area contributed by atoms with Crippen LogP contribution in [0.3, 0.4) is 0 Å². The molecule has 5 heteroatoms. The maximum atomic E-state index is 9.17. The van der Waals surface area contributed by atoms with Crippen molar-refractivity contribution in [3.05, 3.63) is 12.1 Å². The lowest BCUT2D eigenvalue weighted by Crippen LogP contribution is -2.16. The van der Waals surface area contributed by atoms with Crippen molar-refractivity contribution in [1.82, 2.24) is 4.98 Å². The van der Waals surface area contributed by atoms with Crippen LogP contribution in [0.1, 0.15) is 20.8 Å². The zero-order chi connectivity index (χ0) is 12.8. The summed E-state index contributed by atoms with van der Waals surface area (Å²) in [6, 6.07) is 3.51. The fraction of sp³-hybridized carbons (Fsp3) is 0.583. The van der Waals surface area contributed by atoms with E-state index in [-0.39, 0.29) is 0 Å². The average molecular weight is 239 g/mol. The van der Waals surface area contributed by atoms with Crippen LogP contribution >= 0.6 is 0 Å². The van der Waals surface area contributed by atoms with Gasteiger partial charge in [-0.15, -0.1) is 0 Å². The van der Waals surface area contributed by atoms with Crippen LogP contribution in [0, 0.1) is 5.92 Å². The van der Waals surface area contributed by atoms with Gasteiger partial charge in [-0.25, -0.2) is 0 Å². The van der Waals surface area contributed by atoms with Crippen molar-refractivity contribution in [2.24, 2.45) is 5.92 Å². The molecule has 1 rings (SSSR count).